The Morgan fingerprint density at radius 2 is 1.90 bits per heavy atom. The predicted molar refractivity (Wildman–Crippen MR) is 115 cm³/mol. The molecule has 0 bridgehead atoms. The normalized spacial score (nSPS) is 11.1. The summed E-state index contributed by atoms with van der Waals surface area (Å²) in [5, 5.41) is 7.97. The molecule has 1 heterocycles. The number of carbonyl (C=O) groups excluding carboxylic acids is 1. The van der Waals surface area contributed by atoms with Crippen molar-refractivity contribution in [1.82, 2.24) is 15.1 Å². The molecular weight excluding hydrogens is 400 g/mol. The maximum absolute atomic E-state index is 13.1. The second-order valence-electron chi connectivity index (χ2n) is 7.19. The number of hydrogen-bond acceptors (Lipinski definition) is 3. The minimum absolute atomic E-state index is 0.238. The predicted octanol–water partition coefficient (Wildman–Crippen LogP) is 5.15. The molecule has 0 aliphatic rings. The molecule has 4 aromatic rings. The van der Waals surface area contributed by atoms with E-state index in [1.54, 1.807) is 30.3 Å². The highest BCUT2D eigenvalue weighted by Gasteiger charge is 2.17. The Labute approximate surface area is 178 Å². The topological polar surface area (TPSA) is 58.2 Å². The van der Waals surface area contributed by atoms with Crippen molar-refractivity contribution in [1.29, 1.82) is 0 Å². The van der Waals surface area contributed by atoms with Gasteiger partial charge in [-0.1, -0.05) is 48.5 Å². The fraction of sp³-hybridized carbons (Fsp3) is 0.167. The Balaban J connectivity index is 1.61. The van der Waals surface area contributed by atoms with Crippen molar-refractivity contribution in [2.24, 2.45) is 0 Å². The van der Waals surface area contributed by atoms with Crippen LogP contribution in [0, 0.1) is 0 Å². The van der Waals surface area contributed by atoms with E-state index >= 15 is 0 Å². The molecule has 0 aliphatic heterocycles. The van der Waals surface area contributed by atoms with E-state index < -0.39 is 13.0 Å². The lowest BCUT2D eigenvalue weighted by molar-refractivity contribution is 0.0781. The van der Waals surface area contributed by atoms with Crippen LogP contribution in [0.15, 0.2) is 72.9 Å². The third-order valence-corrected chi connectivity index (χ3v) is 5.00. The molecule has 0 radical (unpaired) electrons. The molecule has 1 amide bonds. The molecule has 1 aromatic heterocycles. The van der Waals surface area contributed by atoms with E-state index in [-0.39, 0.29) is 11.7 Å². The van der Waals surface area contributed by atoms with Crippen molar-refractivity contribution in [3.63, 3.8) is 0 Å². The summed E-state index contributed by atoms with van der Waals surface area (Å²) in [7, 11) is 1.70. The zero-order valence-electron chi connectivity index (χ0n) is 16.9. The molecule has 3 aromatic carbocycles. The van der Waals surface area contributed by atoms with Gasteiger partial charge in [-0.3, -0.25) is 9.89 Å². The van der Waals surface area contributed by atoms with Crippen LogP contribution < -0.4 is 4.74 Å². The van der Waals surface area contributed by atoms with E-state index in [4.69, 9.17) is 4.74 Å². The lowest BCUT2D eigenvalue weighted by Crippen LogP contribution is -2.26. The van der Waals surface area contributed by atoms with Crippen LogP contribution in [0.25, 0.3) is 22.0 Å². The number of nitrogens with one attached hydrogen (secondary N) is 1. The van der Waals surface area contributed by atoms with Gasteiger partial charge < -0.3 is 9.64 Å². The number of aromatic nitrogens is 2. The number of H-pyrrole nitrogens is 1. The number of aromatic amines is 1. The summed E-state index contributed by atoms with van der Waals surface area (Å²) in [6, 6.07) is 20.0. The Morgan fingerprint density at radius 3 is 2.68 bits per heavy atom. The van der Waals surface area contributed by atoms with Gasteiger partial charge in [0.25, 0.3) is 12.3 Å². The largest absolute Gasteiger partial charge is 0.487 e. The maximum Gasteiger partial charge on any atom is 0.272 e. The molecule has 0 unspecified atom stereocenters. The van der Waals surface area contributed by atoms with Gasteiger partial charge in [0, 0.05) is 30.1 Å². The molecule has 1 N–H and O–H groups in total. The van der Waals surface area contributed by atoms with Gasteiger partial charge in [0.2, 0.25) is 0 Å². The van der Waals surface area contributed by atoms with Crippen molar-refractivity contribution < 1.29 is 18.3 Å². The van der Waals surface area contributed by atoms with E-state index in [0.29, 0.717) is 17.7 Å². The maximum atomic E-state index is 13.1. The summed E-state index contributed by atoms with van der Waals surface area (Å²) in [5.41, 5.74) is 3.65. The molecule has 0 aliphatic carbocycles. The fourth-order valence-corrected chi connectivity index (χ4v) is 3.49. The van der Waals surface area contributed by atoms with Crippen LogP contribution in [0.4, 0.5) is 8.78 Å². The first-order chi connectivity index (χ1) is 15.0. The van der Waals surface area contributed by atoms with Gasteiger partial charge in [-0.25, -0.2) is 8.78 Å². The van der Waals surface area contributed by atoms with Crippen molar-refractivity contribution >= 4 is 16.8 Å². The highest BCUT2D eigenvalue weighted by molar-refractivity contribution is 5.95. The number of carbonyl (C=O) groups is 1. The van der Waals surface area contributed by atoms with Gasteiger partial charge in [-0.2, -0.15) is 5.10 Å². The van der Waals surface area contributed by atoms with Gasteiger partial charge in [0.15, 0.2) is 0 Å². The standard InChI is InChI=1S/C24H21F2N3O2/c1-29(14-19-9-5-8-18-13-27-28-23(18)19)24(30)17-10-11-20(16-6-3-2-4-7-16)21(12-17)31-15-22(25)26/h2-13,22H,14-15H2,1H3,(H,27,28). The average Bonchev–Trinajstić information content (AvgIpc) is 3.27. The smallest absolute Gasteiger partial charge is 0.272 e. The number of amides is 1. The SMILES string of the molecule is CN(Cc1cccc2cn[nH]c12)C(=O)c1ccc(-c2ccccc2)c(OCC(F)F)c1. The van der Waals surface area contributed by atoms with E-state index in [2.05, 4.69) is 10.2 Å². The Hall–Kier alpha value is -3.74. The highest BCUT2D eigenvalue weighted by Crippen LogP contribution is 2.32. The molecule has 0 saturated carbocycles. The number of alkyl halides is 2. The zero-order chi connectivity index (χ0) is 21.8. The molecule has 5 nitrogen and oxygen atoms in total. The quantitative estimate of drug-likeness (QED) is 0.449. The first-order valence-corrected chi connectivity index (χ1v) is 9.80. The van der Waals surface area contributed by atoms with E-state index in [1.807, 2.05) is 48.5 Å². The molecule has 0 fully saturated rings. The minimum Gasteiger partial charge on any atom is -0.487 e. The number of halogens is 2. The Morgan fingerprint density at radius 1 is 1.10 bits per heavy atom. The summed E-state index contributed by atoms with van der Waals surface area (Å²) in [6.45, 7) is -0.374. The van der Waals surface area contributed by atoms with Crippen LogP contribution in [-0.2, 0) is 6.54 Å². The zero-order valence-corrected chi connectivity index (χ0v) is 16.9. The molecule has 0 saturated heterocycles. The van der Waals surface area contributed by atoms with Crippen LogP contribution >= 0.6 is 0 Å². The van der Waals surface area contributed by atoms with Crippen molar-refractivity contribution in [2.45, 2.75) is 13.0 Å². The average molecular weight is 421 g/mol. The lowest BCUT2D eigenvalue weighted by atomic mass is 10.0. The number of hydrogen-bond donors (Lipinski definition) is 1. The summed E-state index contributed by atoms with van der Waals surface area (Å²) < 4.78 is 30.9. The number of fused-ring (bicyclic) bond motifs is 1. The van der Waals surface area contributed by atoms with Crippen molar-refractivity contribution in [3.05, 3.63) is 84.1 Å². The molecule has 31 heavy (non-hydrogen) atoms. The monoisotopic (exact) mass is 421 g/mol. The summed E-state index contributed by atoms with van der Waals surface area (Å²) in [6.07, 6.45) is -0.879. The number of nitrogens with zero attached hydrogens (tertiary/aromatic N) is 2. The fourth-order valence-electron chi connectivity index (χ4n) is 3.49. The number of ether oxygens (including phenoxy) is 1. The van der Waals surface area contributed by atoms with Gasteiger partial charge in [0.1, 0.15) is 12.4 Å². The number of para-hydroxylation sites is 1. The molecule has 0 atom stereocenters. The van der Waals surface area contributed by atoms with Crippen LogP contribution in [0.1, 0.15) is 15.9 Å². The molecule has 0 spiro atoms. The van der Waals surface area contributed by atoms with Gasteiger partial charge in [0.05, 0.1) is 11.7 Å². The summed E-state index contributed by atoms with van der Waals surface area (Å²) in [4.78, 5) is 14.6. The number of benzene rings is 3. The molecular formula is C24H21F2N3O2. The Bertz CT molecular complexity index is 1190. The van der Waals surface area contributed by atoms with E-state index in [9.17, 15) is 13.6 Å². The number of rotatable bonds is 7. The van der Waals surface area contributed by atoms with Crippen LogP contribution in [0.3, 0.4) is 0 Å². The molecule has 7 heteroatoms. The van der Waals surface area contributed by atoms with Crippen molar-refractivity contribution in [3.8, 4) is 16.9 Å². The first-order valence-electron chi connectivity index (χ1n) is 9.80. The third kappa shape index (κ3) is 4.55. The lowest BCUT2D eigenvalue weighted by Gasteiger charge is -2.19. The van der Waals surface area contributed by atoms with E-state index in [0.717, 1.165) is 22.0 Å². The van der Waals surface area contributed by atoms with Gasteiger partial charge in [-0.05, 0) is 29.3 Å². The second-order valence-corrected chi connectivity index (χ2v) is 7.19. The third-order valence-electron chi connectivity index (χ3n) is 5.00. The van der Waals surface area contributed by atoms with Gasteiger partial charge in [-0.15, -0.1) is 0 Å². The van der Waals surface area contributed by atoms with Crippen LogP contribution in [-0.4, -0.2) is 41.1 Å². The minimum atomic E-state index is -2.61. The van der Waals surface area contributed by atoms with Crippen LogP contribution in [0.5, 0.6) is 5.75 Å². The first kappa shape index (κ1) is 20.5. The van der Waals surface area contributed by atoms with E-state index in [1.165, 1.54) is 6.07 Å². The molecule has 4 rings (SSSR count). The molecule has 158 valence electrons. The Kier molecular flexibility index (Phi) is 5.93. The van der Waals surface area contributed by atoms with Gasteiger partial charge >= 0.3 is 0 Å². The summed E-state index contributed by atoms with van der Waals surface area (Å²) in [5.74, 6) is 0.0134. The summed E-state index contributed by atoms with van der Waals surface area (Å²) >= 11 is 0. The van der Waals surface area contributed by atoms with Crippen LogP contribution in [0.2, 0.25) is 0 Å². The second kappa shape index (κ2) is 8.95. The highest BCUT2D eigenvalue weighted by atomic mass is 19.3. The van der Waals surface area contributed by atoms with Crippen molar-refractivity contribution in [2.75, 3.05) is 13.7 Å².